The van der Waals surface area contributed by atoms with Crippen molar-refractivity contribution in [2.45, 2.75) is 46.6 Å². The van der Waals surface area contributed by atoms with Crippen molar-refractivity contribution in [3.05, 3.63) is 22.8 Å². The summed E-state index contributed by atoms with van der Waals surface area (Å²) in [5.41, 5.74) is 10.6. The molecule has 0 saturated carbocycles. The topological polar surface area (TPSA) is 47.3 Å². The summed E-state index contributed by atoms with van der Waals surface area (Å²) in [6.45, 7) is 9.30. The van der Waals surface area contributed by atoms with Crippen LogP contribution in [0, 0.1) is 20.8 Å². The van der Waals surface area contributed by atoms with E-state index in [4.69, 9.17) is 10.5 Å². The maximum Gasteiger partial charge on any atom is 0.145 e. The maximum atomic E-state index is 5.75. The van der Waals surface area contributed by atoms with E-state index >= 15 is 0 Å². The van der Waals surface area contributed by atoms with Crippen molar-refractivity contribution in [2.24, 2.45) is 5.73 Å². The van der Waals surface area contributed by atoms with Gasteiger partial charge in [0.25, 0.3) is 0 Å². The first-order valence-corrected chi connectivity index (χ1v) is 6.61. The summed E-state index contributed by atoms with van der Waals surface area (Å²) in [5.74, 6) is 0.966. The first-order chi connectivity index (χ1) is 8.47. The number of ether oxygens (including phenoxy) is 1. The van der Waals surface area contributed by atoms with Gasteiger partial charge in [0.2, 0.25) is 0 Å². The van der Waals surface area contributed by atoms with Crippen LogP contribution in [0.3, 0.4) is 0 Å². The summed E-state index contributed by atoms with van der Waals surface area (Å²) < 4.78 is 5.53. The van der Waals surface area contributed by atoms with Gasteiger partial charge in [-0.3, -0.25) is 0 Å². The minimum Gasteiger partial charge on any atom is -0.494 e. The van der Waals surface area contributed by atoms with E-state index in [1.807, 2.05) is 6.92 Å². The Morgan fingerprint density at radius 2 is 1.94 bits per heavy atom. The molecule has 0 amide bonds. The van der Waals surface area contributed by atoms with Crippen molar-refractivity contribution in [2.75, 3.05) is 19.0 Å². The van der Waals surface area contributed by atoms with Crippen LogP contribution in [0.25, 0.3) is 0 Å². The molecule has 3 N–H and O–H groups in total. The van der Waals surface area contributed by atoms with Gasteiger partial charge < -0.3 is 15.8 Å². The molecule has 1 aromatic carbocycles. The lowest BCUT2D eigenvalue weighted by Crippen LogP contribution is -2.16. The fourth-order valence-electron chi connectivity index (χ4n) is 2.16. The smallest absolute Gasteiger partial charge is 0.145 e. The van der Waals surface area contributed by atoms with E-state index in [2.05, 4.69) is 32.2 Å². The maximum absolute atomic E-state index is 5.75. The highest BCUT2D eigenvalue weighted by Crippen LogP contribution is 2.34. The molecule has 1 rings (SSSR count). The standard InChI is InChI=1S/C15H26N2O/c1-10-9-11(2)14(15(18-5)13(10)4)17-8-6-7-12(3)16/h9,12,17H,6-8,16H2,1-5H3. The predicted octanol–water partition coefficient (Wildman–Crippen LogP) is 3.16. The Bertz CT molecular complexity index is 400. The summed E-state index contributed by atoms with van der Waals surface area (Å²) >= 11 is 0. The van der Waals surface area contributed by atoms with Gasteiger partial charge in [0.15, 0.2) is 0 Å². The molecule has 0 aliphatic carbocycles. The van der Waals surface area contributed by atoms with E-state index in [9.17, 15) is 0 Å². The minimum atomic E-state index is 0.273. The third-order valence-electron chi connectivity index (χ3n) is 3.33. The molecule has 0 saturated heterocycles. The number of methoxy groups -OCH3 is 1. The molecule has 1 unspecified atom stereocenters. The molecule has 0 radical (unpaired) electrons. The lowest BCUT2D eigenvalue weighted by Gasteiger charge is -2.18. The molecule has 0 fully saturated rings. The minimum absolute atomic E-state index is 0.273. The van der Waals surface area contributed by atoms with Gasteiger partial charge in [0.1, 0.15) is 5.75 Å². The van der Waals surface area contributed by atoms with Gasteiger partial charge in [-0.25, -0.2) is 0 Å². The molecule has 0 spiro atoms. The van der Waals surface area contributed by atoms with Crippen LogP contribution >= 0.6 is 0 Å². The van der Waals surface area contributed by atoms with Gasteiger partial charge in [-0.05, 0) is 57.2 Å². The number of nitrogens with one attached hydrogen (secondary N) is 1. The number of rotatable bonds is 6. The number of anilines is 1. The van der Waals surface area contributed by atoms with Crippen LogP contribution < -0.4 is 15.8 Å². The lowest BCUT2D eigenvalue weighted by atomic mass is 10.0. The van der Waals surface area contributed by atoms with Crippen molar-refractivity contribution >= 4 is 5.69 Å². The van der Waals surface area contributed by atoms with E-state index < -0.39 is 0 Å². The molecular formula is C15H26N2O. The van der Waals surface area contributed by atoms with E-state index in [0.29, 0.717) is 0 Å². The van der Waals surface area contributed by atoms with Crippen molar-refractivity contribution in [1.82, 2.24) is 0 Å². The van der Waals surface area contributed by atoms with Gasteiger partial charge in [0.05, 0.1) is 12.8 Å². The second kappa shape index (κ2) is 6.64. The summed E-state index contributed by atoms with van der Waals surface area (Å²) in [6, 6.07) is 2.47. The normalized spacial score (nSPS) is 12.3. The summed E-state index contributed by atoms with van der Waals surface area (Å²) in [7, 11) is 1.73. The Morgan fingerprint density at radius 3 is 2.50 bits per heavy atom. The molecule has 0 aliphatic heterocycles. The predicted molar refractivity (Wildman–Crippen MR) is 78.6 cm³/mol. The zero-order valence-electron chi connectivity index (χ0n) is 12.3. The van der Waals surface area contributed by atoms with Gasteiger partial charge in [-0.2, -0.15) is 0 Å². The number of nitrogens with two attached hydrogens (primary N) is 1. The number of hydrogen-bond donors (Lipinski definition) is 2. The van der Waals surface area contributed by atoms with Crippen molar-refractivity contribution < 1.29 is 4.74 Å². The molecule has 0 aliphatic rings. The Kier molecular flexibility index (Phi) is 5.48. The van der Waals surface area contributed by atoms with E-state index in [1.54, 1.807) is 7.11 Å². The Hall–Kier alpha value is -1.22. The third-order valence-corrected chi connectivity index (χ3v) is 3.33. The molecule has 0 heterocycles. The highest BCUT2D eigenvalue weighted by Gasteiger charge is 2.11. The number of benzene rings is 1. The molecule has 1 atom stereocenters. The fraction of sp³-hybridized carbons (Fsp3) is 0.600. The van der Waals surface area contributed by atoms with Crippen LogP contribution in [0.15, 0.2) is 6.07 Å². The highest BCUT2D eigenvalue weighted by atomic mass is 16.5. The number of hydrogen-bond acceptors (Lipinski definition) is 3. The third kappa shape index (κ3) is 3.64. The second-order valence-electron chi connectivity index (χ2n) is 5.09. The lowest BCUT2D eigenvalue weighted by molar-refractivity contribution is 0.412. The summed E-state index contributed by atoms with van der Waals surface area (Å²) in [4.78, 5) is 0. The molecule has 0 bridgehead atoms. The van der Waals surface area contributed by atoms with Crippen molar-refractivity contribution in [3.63, 3.8) is 0 Å². The zero-order valence-corrected chi connectivity index (χ0v) is 12.3. The molecule has 3 nitrogen and oxygen atoms in total. The van der Waals surface area contributed by atoms with Crippen molar-refractivity contribution in [3.8, 4) is 5.75 Å². The monoisotopic (exact) mass is 250 g/mol. The van der Waals surface area contributed by atoms with E-state index in [-0.39, 0.29) is 6.04 Å². The molecule has 1 aromatic rings. The Balaban J connectivity index is 2.78. The van der Waals surface area contributed by atoms with Crippen LogP contribution in [0.5, 0.6) is 5.75 Å². The van der Waals surface area contributed by atoms with E-state index in [0.717, 1.165) is 30.8 Å². The quantitative estimate of drug-likeness (QED) is 0.762. The first kappa shape index (κ1) is 14.8. The van der Waals surface area contributed by atoms with Crippen LogP contribution in [-0.2, 0) is 0 Å². The molecule has 18 heavy (non-hydrogen) atoms. The first-order valence-electron chi connectivity index (χ1n) is 6.61. The largest absolute Gasteiger partial charge is 0.494 e. The van der Waals surface area contributed by atoms with Gasteiger partial charge in [-0.1, -0.05) is 6.07 Å². The average molecular weight is 250 g/mol. The SMILES string of the molecule is COc1c(C)c(C)cc(C)c1NCCCC(C)N. The molecule has 3 heteroatoms. The fourth-order valence-corrected chi connectivity index (χ4v) is 2.16. The van der Waals surface area contributed by atoms with Crippen LogP contribution in [0.2, 0.25) is 0 Å². The number of aryl methyl sites for hydroxylation is 2. The van der Waals surface area contributed by atoms with Crippen molar-refractivity contribution in [1.29, 1.82) is 0 Å². The summed E-state index contributed by atoms with van der Waals surface area (Å²) in [5, 5.41) is 3.48. The van der Waals surface area contributed by atoms with Crippen LogP contribution in [-0.4, -0.2) is 19.7 Å². The second-order valence-corrected chi connectivity index (χ2v) is 5.09. The Morgan fingerprint density at radius 1 is 1.28 bits per heavy atom. The summed E-state index contributed by atoms with van der Waals surface area (Å²) in [6.07, 6.45) is 2.12. The van der Waals surface area contributed by atoms with E-state index in [1.165, 1.54) is 16.7 Å². The molecular weight excluding hydrogens is 224 g/mol. The van der Waals surface area contributed by atoms with Crippen LogP contribution in [0.4, 0.5) is 5.69 Å². The average Bonchev–Trinajstić information content (AvgIpc) is 2.30. The van der Waals surface area contributed by atoms with Crippen LogP contribution in [0.1, 0.15) is 36.5 Å². The van der Waals surface area contributed by atoms with Gasteiger partial charge in [0, 0.05) is 12.6 Å². The zero-order chi connectivity index (χ0) is 13.7. The Labute approximate surface area is 111 Å². The van der Waals surface area contributed by atoms with Gasteiger partial charge >= 0.3 is 0 Å². The highest BCUT2D eigenvalue weighted by molar-refractivity contribution is 5.66. The van der Waals surface area contributed by atoms with Gasteiger partial charge in [-0.15, -0.1) is 0 Å². The molecule has 0 aromatic heterocycles. The molecule has 102 valence electrons.